The number of hydrogen-bond acceptors (Lipinski definition) is 6. The molecule has 0 aliphatic carbocycles. The number of esters is 1. The smallest absolute Gasteiger partial charge is 0.339 e. The van der Waals surface area contributed by atoms with Gasteiger partial charge >= 0.3 is 11.9 Å². The lowest BCUT2D eigenvalue weighted by molar-refractivity contribution is -0.138. The Morgan fingerprint density at radius 1 is 1.43 bits per heavy atom. The third kappa shape index (κ3) is 5.78. The second kappa shape index (κ2) is 8.91. The first kappa shape index (κ1) is 16.9. The quantitative estimate of drug-likeness (QED) is 0.527. The van der Waals surface area contributed by atoms with Crippen molar-refractivity contribution in [2.24, 2.45) is 0 Å². The fraction of sp³-hybridized carbons (Fsp3) is 0.500. The van der Waals surface area contributed by atoms with E-state index in [4.69, 9.17) is 14.6 Å². The molecule has 0 fully saturated rings. The molecular weight excluding hydrogens is 276 g/mol. The molecule has 1 atom stereocenters. The second-order valence-electron chi connectivity index (χ2n) is 4.32. The number of methoxy groups -OCH3 is 1. The Kier molecular flexibility index (Phi) is 7.17. The van der Waals surface area contributed by atoms with E-state index in [1.165, 1.54) is 6.20 Å². The van der Waals surface area contributed by atoms with E-state index in [0.717, 1.165) is 0 Å². The van der Waals surface area contributed by atoms with Gasteiger partial charge in [0.15, 0.2) is 0 Å². The van der Waals surface area contributed by atoms with Crippen molar-refractivity contribution in [1.29, 1.82) is 0 Å². The highest BCUT2D eigenvalue weighted by Gasteiger charge is 2.17. The fourth-order valence-corrected chi connectivity index (χ4v) is 1.68. The van der Waals surface area contributed by atoms with Gasteiger partial charge in [-0.1, -0.05) is 0 Å². The minimum Gasteiger partial charge on any atom is -0.480 e. The van der Waals surface area contributed by atoms with E-state index in [-0.39, 0.29) is 0 Å². The Balaban J connectivity index is 2.63. The van der Waals surface area contributed by atoms with Gasteiger partial charge in [0.25, 0.3) is 0 Å². The molecule has 2 N–H and O–H groups in total. The Hall–Kier alpha value is -2.15. The molecule has 0 aromatic carbocycles. The topological polar surface area (TPSA) is 97.8 Å². The van der Waals surface area contributed by atoms with Crippen LogP contribution < -0.4 is 5.32 Å². The van der Waals surface area contributed by atoms with Crippen molar-refractivity contribution in [3.8, 4) is 0 Å². The molecule has 1 heterocycles. The maximum absolute atomic E-state index is 11.5. The monoisotopic (exact) mass is 296 g/mol. The predicted molar refractivity (Wildman–Crippen MR) is 76.4 cm³/mol. The number of anilines is 1. The van der Waals surface area contributed by atoms with Crippen molar-refractivity contribution in [2.75, 3.05) is 25.6 Å². The van der Waals surface area contributed by atoms with Crippen LogP contribution in [0.4, 0.5) is 5.82 Å². The summed E-state index contributed by atoms with van der Waals surface area (Å²) in [6.45, 7) is 2.51. The van der Waals surface area contributed by atoms with E-state index in [0.29, 0.717) is 37.4 Å². The Morgan fingerprint density at radius 3 is 2.71 bits per heavy atom. The minimum atomic E-state index is -0.956. The SMILES string of the molecule is CCOC(=O)c1ccc(NC(CCCOC)C(=O)O)nc1. The van der Waals surface area contributed by atoms with Crippen LogP contribution in [0.1, 0.15) is 30.1 Å². The largest absolute Gasteiger partial charge is 0.480 e. The Bertz CT molecular complexity index is 461. The molecular formula is C14H20N2O5. The second-order valence-corrected chi connectivity index (χ2v) is 4.32. The highest BCUT2D eigenvalue weighted by Crippen LogP contribution is 2.10. The average Bonchev–Trinajstić information content (AvgIpc) is 2.47. The number of nitrogens with one attached hydrogen (secondary N) is 1. The molecule has 0 saturated carbocycles. The average molecular weight is 296 g/mol. The summed E-state index contributed by atoms with van der Waals surface area (Å²) >= 11 is 0. The van der Waals surface area contributed by atoms with Crippen LogP contribution >= 0.6 is 0 Å². The summed E-state index contributed by atoms with van der Waals surface area (Å²) in [7, 11) is 1.57. The zero-order chi connectivity index (χ0) is 15.7. The number of nitrogens with zero attached hydrogens (tertiary/aromatic N) is 1. The van der Waals surface area contributed by atoms with Gasteiger partial charge in [-0.05, 0) is 31.9 Å². The van der Waals surface area contributed by atoms with Crippen molar-refractivity contribution in [3.05, 3.63) is 23.9 Å². The summed E-state index contributed by atoms with van der Waals surface area (Å²) in [4.78, 5) is 26.6. The molecule has 0 spiro atoms. The van der Waals surface area contributed by atoms with Crippen LogP contribution in [0.25, 0.3) is 0 Å². The lowest BCUT2D eigenvalue weighted by Crippen LogP contribution is -2.30. The van der Waals surface area contributed by atoms with Crippen LogP contribution in [0.2, 0.25) is 0 Å². The Labute approximate surface area is 123 Å². The first-order valence-corrected chi connectivity index (χ1v) is 6.70. The molecule has 1 unspecified atom stereocenters. The zero-order valence-corrected chi connectivity index (χ0v) is 12.2. The van der Waals surface area contributed by atoms with Gasteiger partial charge in [0.1, 0.15) is 11.9 Å². The van der Waals surface area contributed by atoms with Crippen molar-refractivity contribution in [2.45, 2.75) is 25.8 Å². The summed E-state index contributed by atoms with van der Waals surface area (Å²) in [5.41, 5.74) is 0.327. The third-order valence-corrected chi connectivity index (χ3v) is 2.74. The van der Waals surface area contributed by atoms with E-state index in [2.05, 4.69) is 10.3 Å². The minimum absolute atomic E-state index is 0.291. The number of aliphatic carboxylic acids is 1. The number of carboxylic acids is 1. The summed E-state index contributed by atoms with van der Waals surface area (Å²) in [6, 6.07) is 2.35. The summed E-state index contributed by atoms with van der Waals surface area (Å²) in [5, 5.41) is 12.0. The lowest BCUT2D eigenvalue weighted by Gasteiger charge is -2.14. The van der Waals surface area contributed by atoms with Gasteiger partial charge in [0.05, 0.1) is 12.2 Å². The molecule has 21 heavy (non-hydrogen) atoms. The van der Waals surface area contributed by atoms with Crippen LogP contribution in [0.15, 0.2) is 18.3 Å². The van der Waals surface area contributed by atoms with E-state index in [1.54, 1.807) is 26.2 Å². The molecule has 0 radical (unpaired) electrons. The molecule has 0 aliphatic heterocycles. The first-order chi connectivity index (χ1) is 10.1. The van der Waals surface area contributed by atoms with E-state index in [9.17, 15) is 9.59 Å². The predicted octanol–water partition coefficient (Wildman–Crippen LogP) is 1.55. The van der Waals surface area contributed by atoms with E-state index < -0.39 is 18.0 Å². The van der Waals surface area contributed by atoms with Crippen LogP contribution in [0.5, 0.6) is 0 Å². The molecule has 7 heteroatoms. The highest BCUT2D eigenvalue weighted by molar-refractivity contribution is 5.89. The van der Waals surface area contributed by atoms with Gasteiger partial charge in [-0.3, -0.25) is 0 Å². The fourth-order valence-electron chi connectivity index (χ4n) is 1.68. The van der Waals surface area contributed by atoms with Gasteiger partial charge < -0.3 is 19.9 Å². The number of aromatic nitrogens is 1. The number of rotatable bonds is 9. The third-order valence-electron chi connectivity index (χ3n) is 2.74. The normalized spacial score (nSPS) is 11.7. The first-order valence-electron chi connectivity index (χ1n) is 6.70. The van der Waals surface area contributed by atoms with Crippen molar-refractivity contribution in [1.82, 2.24) is 4.98 Å². The number of pyridine rings is 1. The van der Waals surface area contributed by atoms with Crippen LogP contribution in [-0.4, -0.2) is 48.4 Å². The molecule has 1 rings (SSSR count). The van der Waals surface area contributed by atoms with Crippen molar-refractivity contribution in [3.63, 3.8) is 0 Å². The maximum atomic E-state index is 11.5. The number of carbonyl (C=O) groups is 2. The van der Waals surface area contributed by atoms with Crippen molar-refractivity contribution >= 4 is 17.8 Å². The number of carbonyl (C=O) groups excluding carboxylic acids is 1. The zero-order valence-electron chi connectivity index (χ0n) is 12.2. The molecule has 0 amide bonds. The summed E-state index contributed by atoms with van der Waals surface area (Å²) in [6.07, 6.45) is 2.40. The summed E-state index contributed by atoms with van der Waals surface area (Å²) in [5.74, 6) is -1.01. The highest BCUT2D eigenvalue weighted by atomic mass is 16.5. The summed E-state index contributed by atoms with van der Waals surface area (Å²) < 4.78 is 9.74. The van der Waals surface area contributed by atoms with Gasteiger partial charge in [0, 0.05) is 19.9 Å². The van der Waals surface area contributed by atoms with Crippen LogP contribution in [0.3, 0.4) is 0 Å². The lowest BCUT2D eigenvalue weighted by atomic mass is 10.1. The van der Waals surface area contributed by atoms with Gasteiger partial charge in [0.2, 0.25) is 0 Å². The standard InChI is InChI=1S/C14H20N2O5/c1-3-21-14(19)10-6-7-12(15-9-10)16-11(13(17)18)5-4-8-20-2/h6-7,9,11H,3-5,8H2,1-2H3,(H,15,16)(H,17,18). The molecule has 116 valence electrons. The number of ether oxygens (including phenoxy) is 2. The van der Waals surface area contributed by atoms with Gasteiger partial charge in [-0.25, -0.2) is 14.6 Å². The van der Waals surface area contributed by atoms with Gasteiger partial charge in [-0.15, -0.1) is 0 Å². The molecule has 1 aromatic rings. The van der Waals surface area contributed by atoms with E-state index >= 15 is 0 Å². The molecule has 1 aromatic heterocycles. The maximum Gasteiger partial charge on any atom is 0.339 e. The van der Waals surface area contributed by atoms with Crippen LogP contribution in [0, 0.1) is 0 Å². The van der Waals surface area contributed by atoms with Gasteiger partial charge in [-0.2, -0.15) is 0 Å². The van der Waals surface area contributed by atoms with Crippen molar-refractivity contribution < 1.29 is 24.2 Å². The van der Waals surface area contributed by atoms with E-state index in [1.807, 2.05) is 0 Å². The molecule has 7 nitrogen and oxygen atoms in total. The number of carboxylic acid groups (broad SMARTS) is 1. The Morgan fingerprint density at radius 2 is 2.19 bits per heavy atom. The molecule has 0 saturated heterocycles. The number of hydrogen-bond donors (Lipinski definition) is 2. The molecule has 0 bridgehead atoms. The molecule has 0 aliphatic rings. The van der Waals surface area contributed by atoms with Crippen LogP contribution in [-0.2, 0) is 14.3 Å².